The molecular formula is C25H29N3O3. The lowest BCUT2D eigenvalue weighted by Gasteiger charge is -2.58. The number of carbonyl (C=O) groups excluding carboxylic acids is 2. The van der Waals surface area contributed by atoms with Gasteiger partial charge in [-0.1, -0.05) is 66.7 Å². The van der Waals surface area contributed by atoms with E-state index in [4.69, 9.17) is 0 Å². The predicted molar refractivity (Wildman–Crippen MR) is 121 cm³/mol. The highest BCUT2D eigenvalue weighted by atomic mass is 16.3. The van der Waals surface area contributed by atoms with E-state index in [0.29, 0.717) is 6.54 Å². The summed E-state index contributed by atoms with van der Waals surface area (Å²) in [5.41, 5.74) is 3.31. The van der Waals surface area contributed by atoms with Gasteiger partial charge in [-0.05, 0) is 30.5 Å². The van der Waals surface area contributed by atoms with Crippen LogP contribution >= 0.6 is 0 Å². The molecule has 3 atom stereocenters. The summed E-state index contributed by atoms with van der Waals surface area (Å²) in [4.78, 5) is 28.4. The highest BCUT2D eigenvalue weighted by Crippen LogP contribution is 2.42. The maximum Gasteiger partial charge on any atom is 0.318 e. The highest BCUT2D eigenvalue weighted by Gasteiger charge is 2.54. The SMILES string of the molecule is CC(C)NC(=O)N1CC(=O)N2[C@H](C1)[C@@H](c1ccc(C=Cc3ccccc3)cc1)[C@@H]2CO. The lowest BCUT2D eigenvalue weighted by Crippen LogP contribution is -2.74. The smallest absolute Gasteiger partial charge is 0.318 e. The van der Waals surface area contributed by atoms with Crippen LogP contribution in [-0.2, 0) is 4.79 Å². The Labute approximate surface area is 183 Å². The molecule has 2 aromatic carbocycles. The number of piperazine rings is 1. The van der Waals surface area contributed by atoms with Gasteiger partial charge < -0.3 is 20.2 Å². The molecular weight excluding hydrogens is 390 g/mol. The summed E-state index contributed by atoms with van der Waals surface area (Å²) in [6, 6.07) is 17.8. The third kappa shape index (κ3) is 4.35. The quantitative estimate of drug-likeness (QED) is 0.732. The number of nitrogens with zero attached hydrogens (tertiary/aromatic N) is 2. The largest absolute Gasteiger partial charge is 0.394 e. The van der Waals surface area contributed by atoms with E-state index >= 15 is 0 Å². The lowest BCUT2D eigenvalue weighted by molar-refractivity contribution is -0.159. The number of fused-ring (bicyclic) bond motifs is 1. The number of hydrogen-bond donors (Lipinski definition) is 2. The molecule has 4 rings (SSSR count). The first-order valence-corrected chi connectivity index (χ1v) is 10.8. The average Bonchev–Trinajstić information content (AvgIpc) is 2.74. The molecule has 162 valence electrons. The van der Waals surface area contributed by atoms with E-state index in [-0.39, 0.29) is 49.1 Å². The number of nitrogens with one attached hydrogen (secondary N) is 1. The van der Waals surface area contributed by atoms with Crippen molar-refractivity contribution in [2.45, 2.75) is 37.9 Å². The molecule has 2 aliphatic rings. The summed E-state index contributed by atoms with van der Waals surface area (Å²) in [6.45, 7) is 4.25. The Bertz CT molecular complexity index is 956. The molecule has 0 unspecified atom stereocenters. The first-order valence-electron chi connectivity index (χ1n) is 10.8. The Hall–Kier alpha value is -3.12. The zero-order chi connectivity index (χ0) is 22.0. The van der Waals surface area contributed by atoms with Gasteiger partial charge >= 0.3 is 6.03 Å². The van der Waals surface area contributed by atoms with E-state index in [1.54, 1.807) is 9.80 Å². The number of benzene rings is 2. The van der Waals surface area contributed by atoms with Crippen molar-refractivity contribution in [3.63, 3.8) is 0 Å². The minimum absolute atomic E-state index is 0.00996. The van der Waals surface area contributed by atoms with Crippen LogP contribution in [0.4, 0.5) is 4.79 Å². The van der Waals surface area contributed by atoms with Crippen LogP contribution < -0.4 is 5.32 Å². The van der Waals surface area contributed by atoms with Crippen LogP contribution in [0.25, 0.3) is 12.2 Å². The molecule has 2 N–H and O–H groups in total. The second-order valence-corrected chi connectivity index (χ2v) is 8.54. The van der Waals surface area contributed by atoms with Crippen LogP contribution in [0, 0.1) is 0 Å². The molecule has 0 aromatic heterocycles. The molecule has 0 aliphatic carbocycles. The standard InChI is InChI=1S/C25H29N3O3/c1-17(2)26-25(31)27-14-21-24(22(16-29)28(21)23(30)15-27)20-12-10-19(11-13-20)9-8-18-6-4-3-5-7-18/h3-13,17,21-22,24,29H,14-16H2,1-2H3,(H,26,31)/t21-,22+,24-/m1/s1. The van der Waals surface area contributed by atoms with Crippen molar-refractivity contribution in [2.75, 3.05) is 19.7 Å². The Morgan fingerprint density at radius 1 is 1.10 bits per heavy atom. The van der Waals surface area contributed by atoms with Gasteiger partial charge in [0.05, 0.1) is 18.7 Å². The maximum absolute atomic E-state index is 12.7. The minimum atomic E-state index is -0.237. The van der Waals surface area contributed by atoms with Gasteiger partial charge in [0.2, 0.25) is 5.91 Å². The number of hydrogen-bond acceptors (Lipinski definition) is 3. The monoisotopic (exact) mass is 419 g/mol. The van der Waals surface area contributed by atoms with Crippen molar-refractivity contribution in [3.8, 4) is 0 Å². The van der Waals surface area contributed by atoms with Crippen molar-refractivity contribution in [3.05, 3.63) is 71.3 Å². The normalized spacial score (nSPS) is 23.1. The average molecular weight is 420 g/mol. The summed E-state index contributed by atoms with van der Waals surface area (Å²) in [7, 11) is 0. The van der Waals surface area contributed by atoms with Crippen molar-refractivity contribution in [2.24, 2.45) is 0 Å². The maximum atomic E-state index is 12.7. The number of urea groups is 1. The molecule has 2 saturated heterocycles. The molecule has 0 saturated carbocycles. The molecule has 2 aromatic rings. The molecule has 0 spiro atoms. The number of aliphatic hydroxyl groups is 1. The van der Waals surface area contributed by atoms with Gasteiger partial charge in [-0.15, -0.1) is 0 Å². The molecule has 6 nitrogen and oxygen atoms in total. The molecule has 2 heterocycles. The molecule has 2 aliphatic heterocycles. The third-order valence-corrected chi connectivity index (χ3v) is 6.04. The number of amides is 3. The van der Waals surface area contributed by atoms with Crippen LogP contribution in [0.5, 0.6) is 0 Å². The summed E-state index contributed by atoms with van der Waals surface area (Å²) < 4.78 is 0. The van der Waals surface area contributed by atoms with Crippen molar-refractivity contribution < 1.29 is 14.7 Å². The molecule has 0 radical (unpaired) electrons. The van der Waals surface area contributed by atoms with Crippen molar-refractivity contribution in [1.29, 1.82) is 0 Å². The Balaban J connectivity index is 1.49. The fourth-order valence-corrected chi connectivity index (χ4v) is 4.58. The van der Waals surface area contributed by atoms with Gasteiger partial charge in [-0.25, -0.2) is 4.79 Å². The van der Waals surface area contributed by atoms with E-state index in [2.05, 4.69) is 53.9 Å². The molecule has 31 heavy (non-hydrogen) atoms. The number of rotatable bonds is 5. The van der Waals surface area contributed by atoms with Gasteiger partial charge in [-0.2, -0.15) is 0 Å². The Kier molecular flexibility index (Phi) is 6.09. The zero-order valence-corrected chi connectivity index (χ0v) is 17.9. The predicted octanol–water partition coefficient (Wildman–Crippen LogP) is 2.95. The molecule has 6 heteroatoms. The van der Waals surface area contributed by atoms with Crippen LogP contribution in [0.15, 0.2) is 54.6 Å². The van der Waals surface area contributed by atoms with Gasteiger partial charge in [0.1, 0.15) is 6.54 Å². The van der Waals surface area contributed by atoms with E-state index in [1.165, 1.54) is 0 Å². The molecule has 3 amide bonds. The zero-order valence-electron chi connectivity index (χ0n) is 17.9. The summed E-state index contributed by atoms with van der Waals surface area (Å²) in [5.74, 6) is -0.0939. The van der Waals surface area contributed by atoms with Gasteiger partial charge in [0, 0.05) is 18.5 Å². The summed E-state index contributed by atoms with van der Waals surface area (Å²) in [6.07, 6.45) is 4.14. The number of aliphatic hydroxyl groups excluding tert-OH is 1. The van der Waals surface area contributed by atoms with E-state index in [0.717, 1.165) is 16.7 Å². The van der Waals surface area contributed by atoms with E-state index in [9.17, 15) is 14.7 Å². The van der Waals surface area contributed by atoms with E-state index in [1.807, 2.05) is 32.0 Å². The third-order valence-electron chi connectivity index (χ3n) is 6.04. The van der Waals surface area contributed by atoms with Crippen LogP contribution in [-0.4, -0.2) is 64.7 Å². The molecule has 0 bridgehead atoms. The minimum Gasteiger partial charge on any atom is -0.394 e. The first-order chi connectivity index (χ1) is 15.0. The fourth-order valence-electron chi connectivity index (χ4n) is 4.58. The second kappa shape index (κ2) is 8.94. The summed E-state index contributed by atoms with van der Waals surface area (Å²) >= 11 is 0. The number of carbonyl (C=O) groups is 2. The second-order valence-electron chi connectivity index (χ2n) is 8.54. The van der Waals surface area contributed by atoms with Crippen molar-refractivity contribution >= 4 is 24.1 Å². The van der Waals surface area contributed by atoms with Gasteiger partial charge in [-0.3, -0.25) is 4.79 Å². The fraction of sp³-hybridized carbons (Fsp3) is 0.360. The Morgan fingerprint density at radius 2 is 1.74 bits per heavy atom. The first kappa shape index (κ1) is 21.1. The van der Waals surface area contributed by atoms with Crippen LogP contribution in [0.1, 0.15) is 36.5 Å². The topological polar surface area (TPSA) is 72.9 Å². The Morgan fingerprint density at radius 3 is 2.35 bits per heavy atom. The van der Waals surface area contributed by atoms with Crippen molar-refractivity contribution in [1.82, 2.24) is 15.1 Å². The summed E-state index contributed by atoms with van der Waals surface area (Å²) in [5, 5.41) is 12.8. The van der Waals surface area contributed by atoms with Crippen LogP contribution in [0.3, 0.4) is 0 Å². The van der Waals surface area contributed by atoms with Crippen LogP contribution in [0.2, 0.25) is 0 Å². The van der Waals surface area contributed by atoms with E-state index < -0.39 is 0 Å². The van der Waals surface area contributed by atoms with Gasteiger partial charge in [0.15, 0.2) is 0 Å². The lowest BCUT2D eigenvalue weighted by atomic mass is 9.73. The van der Waals surface area contributed by atoms with Gasteiger partial charge in [0.25, 0.3) is 0 Å². The molecule has 2 fully saturated rings. The highest BCUT2D eigenvalue weighted by molar-refractivity contribution is 5.87.